The molecule has 1 aromatic carbocycles. The standard InChI is InChI=1S/C21H24N4O2/c1-2-15-11-23-17-6-4-3-5-16(17)20(15)21(27)24-18-9-14(10-19(18)26)12-25-8-7-22-13-25/h3-8,11,13-14,18-19,26H,2,9-10,12H2,1H3,(H,24,27)/t14?,18-,19-/m1/s1. The number of nitrogens with one attached hydrogen (secondary N) is 1. The number of hydrogen-bond acceptors (Lipinski definition) is 4. The zero-order valence-corrected chi connectivity index (χ0v) is 15.4. The number of pyridine rings is 1. The molecule has 0 bridgehead atoms. The van der Waals surface area contributed by atoms with E-state index in [1.807, 2.05) is 42.0 Å². The van der Waals surface area contributed by atoms with Gasteiger partial charge in [-0.05, 0) is 36.8 Å². The van der Waals surface area contributed by atoms with Gasteiger partial charge in [0.2, 0.25) is 0 Å². The van der Waals surface area contributed by atoms with Gasteiger partial charge in [0.25, 0.3) is 5.91 Å². The average molecular weight is 364 g/mol. The largest absolute Gasteiger partial charge is 0.391 e. The molecule has 0 aliphatic heterocycles. The van der Waals surface area contributed by atoms with Crippen LogP contribution in [0.4, 0.5) is 0 Å². The molecule has 3 atom stereocenters. The molecule has 2 heterocycles. The first-order valence-corrected chi connectivity index (χ1v) is 9.47. The van der Waals surface area contributed by atoms with E-state index < -0.39 is 6.10 Å². The van der Waals surface area contributed by atoms with Crippen LogP contribution in [0.5, 0.6) is 0 Å². The molecule has 140 valence electrons. The number of para-hydroxylation sites is 1. The molecule has 1 aliphatic carbocycles. The summed E-state index contributed by atoms with van der Waals surface area (Å²) in [5.74, 6) is 0.192. The van der Waals surface area contributed by atoms with Crippen LogP contribution in [0.1, 0.15) is 35.7 Å². The number of hydrogen-bond donors (Lipinski definition) is 2. The molecule has 3 aromatic rings. The molecule has 1 unspecified atom stereocenters. The minimum Gasteiger partial charge on any atom is -0.391 e. The van der Waals surface area contributed by atoms with Gasteiger partial charge in [0, 0.05) is 30.5 Å². The van der Waals surface area contributed by atoms with Crippen molar-refractivity contribution in [3.05, 3.63) is 60.3 Å². The molecule has 1 fully saturated rings. The number of aryl methyl sites for hydroxylation is 1. The quantitative estimate of drug-likeness (QED) is 0.729. The molecule has 1 saturated carbocycles. The van der Waals surface area contributed by atoms with Crippen molar-refractivity contribution in [3.8, 4) is 0 Å². The third-order valence-electron chi connectivity index (χ3n) is 5.43. The fourth-order valence-electron chi connectivity index (χ4n) is 4.07. The second-order valence-corrected chi connectivity index (χ2v) is 7.27. The Kier molecular flexibility index (Phi) is 4.90. The lowest BCUT2D eigenvalue weighted by molar-refractivity contribution is 0.0873. The molecule has 4 rings (SSSR count). The number of aliphatic hydroxyl groups is 1. The number of rotatable bonds is 5. The zero-order valence-electron chi connectivity index (χ0n) is 15.4. The molecule has 0 spiro atoms. The van der Waals surface area contributed by atoms with E-state index in [0.717, 1.165) is 35.9 Å². The van der Waals surface area contributed by atoms with Crippen molar-refractivity contribution in [1.82, 2.24) is 19.9 Å². The average Bonchev–Trinajstić information content (AvgIpc) is 3.30. The van der Waals surface area contributed by atoms with Gasteiger partial charge in [0.1, 0.15) is 0 Å². The first kappa shape index (κ1) is 17.7. The number of benzene rings is 1. The summed E-state index contributed by atoms with van der Waals surface area (Å²) in [6.45, 7) is 2.83. The van der Waals surface area contributed by atoms with Crippen molar-refractivity contribution in [2.24, 2.45) is 5.92 Å². The number of aliphatic hydroxyl groups excluding tert-OH is 1. The number of amides is 1. The minimum atomic E-state index is -0.527. The van der Waals surface area contributed by atoms with Crippen LogP contribution in [0.25, 0.3) is 10.9 Å². The predicted octanol–water partition coefficient (Wildman–Crippen LogP) is 2.56. The van der Waals surface area contributed by atoms with E-state index in [2.05, 4.69) is 15.3 Å². The second-order valence-electron chi connectivity index (χ2n) is 7.27. The van der Waals surface area contributed by atoms with E-state index in [4.69, 9.17) is 0 Å². The van der Waals surface area contributed by atoms with Crippen molar-refractivity contribution < 1.29 is 9.90 Å². The molecule has 0 radical (unpaired) electrons. The van der Waals surface area contributed by atoms with Crippen LogP contribution in [0.2, 0.25) is 0 Å². The van der Waals surface area contributed by atoms with E-state index in [-0.39, 0.29) is 11.9 Å². The lowest BCUT2D eigenvalue weighted by Gasteiger charge is -2.18. The monoisotopic (exact) mass is 364 g/mol. The van der Waals surface area contributed by atoms with E-state index in [0.29, 0.717) is 17.9 Å². The summed E-state index contributed by atoms with van der Waals surface area (Å²) in [7, 11) is 0. The Morgan fingerprint density at radius 1 is 1.33 bits per heavy atom. The van der Waals surface area contributed by atoms with E-state index in [9.17, 15) is 9.90 Å². The summed E-state index contributed by atoms with van der Waals surface area (Å²) in [6, 6.07) is 7.46. The summed E-state index contributed by atoms with van der Waals surface area (Å²) < 4.78 is 2.02. The number of fused-ring (bicyclic) bond motifs is 1. The summed E-state index contributed by atoms with van der Waals surface area (Å²) >= 11 is 0. The van der Waals surface area contributed by atoms with Crippen molar-refractivity contribution in [2.75, 3.05) is 0 Å². The van der Waals surface area contributed by atoms with Crippen LogP contribution in [0.3, 0.4) is 0 Å². The highest BCUT2D eigenvalue weighted by atomic mass is 16.3. The van der Waals surface area contributed by atoms with Crippen LogP contribution < -0.4 is 5.32 Å². The lowest BCUT2D eigenvalue weighted by Crippen LogP contribution is -2.40. The Labute approximate surface area is 158 Å². The predicted molar refractivity (Wildman–Crippen MR) is 103 cm³/mol. The Morgan fingerprint density at radius 2 is 2.19 bits per heavy atom. The van der Waals surface area contributed by atoms with E-state index in [1.54, 1.807) is 18.7 Å². The maximum Gasteiger partial charge on any atom is 0.252 e. The molecular formula is C21H24N4O2. The molecule has 0 saturated heterocycles. The topological polar surface area (TPSA) is 80.0 Å². The molecule has 2 aromatic heterocycles. The van der Waals surface area contributed by atoms with Gasteiger partial charge < -0.3 is 15.0 Å². The van der Waals surface area contributed by atoms with Gasteiger partial charge in [-0.25, -0.2) is 4.98 Å². The van der Waals surface area contributed by atoms with Gasteiger partial charge in [0.15, 0.2) is 0 Å². The van der Waals surface area contributed by atoms with E-state index >= 15 is 0 Å². The fourth-order valence-corrected chi connectivity index (χ4v) is 4.07. The number of nitrogens with zero attached hydrogens (tertiary/aromatic N) is 3. The Balaban J connectivity index is 1.53. The third kappa shape index (κ3) is 3.57. The van der Waals surface area contributed by atoms with Gasteiger partial charge >= 0.3 is 0 Å². The van der Waals surface area contributed by atoms with Crippen molar-refractivity contribution in [1.29, 1.82) is 0 Å². The smallest absolute Gasteiger partial charge is 0.252 e. The zero-order chi connectivity index (χ0) is 18.8. The molecule has 1 aliphatic rings. The SMILES string of the molecule is CCc1cnc2ccccc2c1C(=O)N[C@@H]1CC(Cn2ccnc2)C[C@H]1O. The van der Waals surface area contributed by atoms with Crippen LogP contribution in [0.15, 0.2) is 49.2 Å². The van der Waals surface area contributed by atoms with Gasteiger partial charge in [0.05, 0.1) is 29.6 Å². The fraction of sp³-hybridized carbons (Fsp3) is 0.381. The maximum atomic E-state index is 13.1. The lowest BCUT2D eigenvalue weighted by atomic mass is 10.0. The highest BCUT2D eigenvalue weighted by molar-refractivity contribution is 6.07. The Morgan fingerprint density at radius 3 is 2.96 bits per heavy atom. The van der Waals surface area contributed by atoms with Crippen LogP contribution >= 0.6 is 0 Å². The number of carbonyl (C=O) groups is 1. The highest BCUT2D eigenvalue weighted by Crippen LogP contribution is 2.29. The Bertz CT molecular complexity index is 939. The highest BCUT2D eigenvalue weighted by Gasteiger charge is 2.34. The van der Waals surface area contributed by atoms with Crippen LogP contribution in [-0.2, 0) is 13.0 Å². The molecular weight excluding hydrogens is 340 g/mol. The summed E-state index contributed by atoms with van der Waals surface area (Å²) in [4.78, 5) is 21.6. The van der Waals surface area contributed by atoms with E-state index in [1.165, 1.54) is 0 Å². The normalized spacial score (nSPS) is 22.2. The van der Waals surface area contributed by atoms with Crippen molar-refractivity contribution in [2.45, 2.75) is 44.9 Å². The molecule has 6 heteroatoms. The van der Waals surface area contributed by atoms with Gasteiger partial charge in [-0.2, -0.15) is 0 Å². The molecule has 27 heavy (non-hydrogen) atoms. The van der Waals surface area contributed by atoms with Crippen molar-refractivity contribution >= 4 is 16.8 Å². The number of imidazole rings is 1. The van der Waals surface area contributed by atoms with Crippen molar-refractivity contribution in [3.63, 3.8) is 0 Å². The summed E-state index contributed by atoms with van der Waals surface area (Å²) in [6.07, 6.45) is 8.90. The molecule has 2 N–H and O–H groups in total. The maximum absolute atomic E-state index is 13.1. The van der Waals surface area contributed by atoms with Gasteiger partial charge in [-0.1, -0.05) is 25.1 Å². The Hall–Kier alpha value is -2.73. The first-order valence-electron chi connectivity index (χ1n) is 9.47. The van der Waals surface area contributed by atoms with Gasteiger partial charge in [-0.3, -0.25) is 9.78 Å². The number of aromatic nitrogens is 3. The summed E-state index contributed by atoms with van der Waals surface area (Å²) in [5.41, 5.74) is 2.41. The molecule has 6 nitrogen and oxygen atoms in total. The van der Waals surface area contributed by atoms with Crippen LogP contribution in [0, 0.1) is 5.92 Å². The number of carbonyl (C=O) groups excluding carboxylic acids is 1. The van der Waals surface area contributed by atoms with Crippen LogP contribution in [-0.4, -0.2) is 37.7 Å². The minimum absolute atomic E-state index is 0.127. The summed E-state index contributed by atoms with van der Waals surface area (Å²) in [5, 5.41) is 14.4. The molecule has 1 amide bonds. The van der Waals surface area contributed by atoms with Gasteiger partial charge in [-0.15, -0.1) is 0 Å². The first-order chi connectivity index (χ1) is 13.2. The third-order valence-corrected chi connectivity index (χ3v) is 5.43. The second kappa shape index (κ2) is 7.48.